The molecule has 2 aromatic rings. The molecule has 1 N–H and O–H groups in total. The van der Waals surface area contributed by atoms with Crippen LogP contribution in [-0.4, -0.2) is 46.3 Å². The number of rotatable bonds is 6. The Bertz CT molecular complexity index is 953. The predicted molar refractivity (Wildman–Crippen MR) is 112 cm³/mol. The van der Waals surface area contributed by atoms with Crippen LogP contribution in [0.5, 0.6) is 0 Å². The van der Waals surface area contributed by atoms with Crippen molar-refractivity contribution in [2.45, 2.75) is 30.6 Å². The molecule has 1 aliphatic rings. The van der Waals surface area contributed by atoms with Gasteiger partial charge in [0.1, 0.15) is 0 Å². The number of nitrogens with one attached hydrogen (secondary N) is 1. The Morgan fingerprint density at radius 1 is 1.14 bits per heavy atom. The topological polar surface area (TPSA) is 69.7 Å². The van der Waals surface area contributed by atoms with E-state index in [0.29, 0.717) is 12.8 Å². The van der Waals surface area contributed by atoms with Crippen molar-refractivity contribution in [3.63, 3.8) is 0 Å². The summed E-state index contributed by atoms with van der Waals surface area (Å²) in [5, 5.41) is 2.97. The summed E-state index contributed by atoms with van der Waals surface area (Å²) >= 11 is 0. The molecule has 0 saturated carbocycles. The molecule has 0 fully saturated rings. The maximum atomic E-state index is 12.3. The quantitative estimate of drug-likeness (QED) is 0.808. The summed E-state index contributed by atoms with van der Waals surface area (Å²) < 4.78 is 25.4. The molecule has 0 spiro atoms. The van der Waals surface area contributed by atoms with Gasteiger partial charge in [0.2, 0.25) is 15.9 Å². The second-order valence-corrected chi connectivity index (χ2v) is 9.50. The zero-order valence-corrected chi connectivity index (χ0v) is 17.4. The number of benzene rings is 2. The van der Waals surface area contributed by atoms with Crippen molar-refractivity contribution in [3.05, 3.63) is 53.6 Å². The van der Waals surface area contributed by atoms with Crippen LogP contribution in [0.4, 0.5) is 11.4 Å². The normalized spacial score (nSPS) is 14.1. The molecule has 0 aromatic heterocycles. The summed E-state index contributed by atoms with van der Waals surface area (Å²) in [4.78, 5) is 14.8. The van der Waals surface area contributed by atoms with E-state index in [-0.39, 0.29) is 10.8 Å². The largest absolute Gasteiger partial charge is 0.374 e. The zero-order valence-electron chi connectivity index (χ0n) is 16.6. The molecule has 2 aromatic carbocycles. The number of anilines is 2. The lowest BCUT2D eigenvalue weighted by atomic mass is 10.0. The minimum absolute atomic E-state index is 0.0524. The fourth-order valence-corrected chi connectivity index (χ4v) is 4.26. The van der Waals surface area contributed by atoms with Gasteiger partial charge in [0.05, 0.1) is 4.90 Å². The third-order valence-electron chi connectivity index (χ3n) is 5.06. The Hall–Kier alpha value is -2.38. The van der Waals surface area contributed by atoms with Gasteiger partial charge in [0, 0.05) is 45.5 Å². The van der Waals surface area contributed by atoms with Crippen LogP contribution in [0.25, 0.3) is 0 Å². The molecule has 1 heterocycles. The van der Waals surface area contributed by atoms with Gasteiger partial charge in [-0.05, 0) is 54.7 Å². The summed E-state index contributed by atoms with van der Waals surface area (Å²) in [6, 6.07) is 12.8. The number of carbonyl (C=O) groups is 1. The second-order valence-electron chi connectivity index (χ2n) is 7.35. The lowest BCUT2D eigenvalue weighted by Gasteiger charge is -2.28. The van der Waals surface area contributed by atoms with Crippen molar-refractivity contribution in [1.82, 2.24) is 4.31 Å². The molecule has 0 radical (unpaired) electrons. The fourth-order valence-electron chi connectivity index (χ4n) is 3.36. The highest BCUT2D eigenvalue weighted by Crippen LogP contribution is 2.29. The van der Waals surface area contributed by atoms with Gasteiger partial charge >= 0.3 is 0 Å². The Kier molecular flexibility index (Phi) is 6.05. The van der Waals surface area contributed by atoms with Gasteiger partial charge in [0.15, 0.2) is 0 Å². The Labute approximate surface area is 167 Å². The zero-order chi connectivity index (χ0) is 20.3. The first-order chi connectivity index (χ1) is 13.3. The Morgan fingerprint density at radius 3 is 2.54 bits per heavy atom. The van der Waals surface area contributed by atoms with E-state index in [1.165, 1.54) is 29.7 Å². The number of carbonyl (C=O) groups excluding carboxylic acids is 1. The smallest absolute Gasteiger partial charge is 0.242 e. The van der Waals surface area contributed by atoms with Crippen LogP contribution in [0.2, 0.25) is 0 Å². The number of nitrogens with zero attached hydrogens (tertiary/aromatic N) is 2. The minimum Gasteiger partial charge on any atom is -0.374 e. The molecule has 1 aliphatic heterocycles. The summed E-state index contributed by atoms with van der Waals surface area (Å²) in [5.74, 6) is -0.0524. The Balaban J connectivity index is 1.58. The van der Waals surface area contributed by atoms with Gasteiger partial charge < -0.3 is 10.2 Å². The van der Waals surface area contributed by atoms with Crippen molar-refractivity contribution >= 4 is 27.3 Å². The second kappa shape index (κ2) is 8.32. The fraction of sp³-hybridized carbons (Fsp3) is 0.381. The first kappa shape index (κ1) is 20.4. The van der Waals surface area contributed by atoms with Gasteiger partial charge in [-0.3, -0.25) is 4.79 Å². The summed E-state index contributed by atoms with van der Waals surface area (Å²) in [5.41, 5.74) is 4.24. The number of hydrogen-bond acceptors (Lipinski definition) is 4. The van der Waals surface area contributed by atoms with Crippen molar-refractivity contribution in [2.24, 2.45) is 0 Å². The lowest BCUT2D eigenvalue weighted by molar-refractivity contribution is -0.116. The SMILES string of the molecule is CN1CCCc2ccc(NC(=O)CCc3ccc(S(=O)(=O)N(C)C)cc3)cc21. The van der Waals surface area contributed by atoms with Gasteiger partial charge in [-0.1, -0.05) is 18.2 Å². The predicted octanol–water partition coefficient (Wildman–Crippen LogP) is 2.89. The first-order valence-corrected chi connectivity index (χ1v) is 10.9. The highest BCUT2D eigenvalue weighted by Gasteiger charge is 2.17. The molecule has 28 heavy (non-hydrogen) atoms. The van der Waals surface area contributed by atoms with E-state index in [2.05, 4.69) is 23.3 Å². The van der Waals surface area contributed by atoms with Crippen LogP contribution in [0.15, 0.2) is 47.4 Å². The van der Waals surface area contributed by atoms with E-state index in [1.54, 1.807) is 24.3 Å². The maximum absolute atomic E-state index is 12.3. The van der Waals surface area contributed by atoms with Crippen LogP contribution in [-0.2, 0) is 27.7 Å². The van der Waals surface area contributed by atoms with Gasteiger partial charge in [-0.25, -0.2) is 12.7 Å². The Morgan fingerprint density at radius 2 is 1.86 bits per heavy atom. The molecule has 0 aliphatic carbocycles. The summed E-state index contributed by atoms with van der Waals surface area (Å²) in [7, 11) is 1.66. The van der Waals surface area contributed by atoms with Gasteiger partial charge in [-0.2, -0.15) is 0 Å². The highest BCUT2D eigenvalue weighted by atomic mass is 32.2. The standard InChI is InChI=1S/C21H27N3O3S/c1-23(2)28(26,27)19-11-6-16(7-12-19)8-13-21(25)22-18-10-9-17-5-4-14-24(3)20(17)15-18/h6-7,9-12,15H,4-5,8,13-14H2,1-3H3,(H,22,25). The van der Waals surface area contributed by atoms with E-state index in [1.807, 2.05) is 12.1 Å². The van der Waals surface area contributed by atoms with Crippen LogP contribution < -0.4 is 10.2 Å². The monoisotopic (exact) mass is 401 g/mol. The van der Waals surface area contributed by atoms with Gasteiger partial charge in [0.25, 0.3) is 0 Å². The van der Waals surface area contributed by atoms with Crippen molar-refractivity contribution in [1.29, 1.82) is 0 Å². The summed E-state index contributed by atoms with van der Waals surface area (Å²) in [6.07, 6.45) is 3.13. The van der Waals surface area contributed by atoms with Crippen molar-refractivity contribution < 1.29 is 13.2 Å². The third-order valence-corrected chi connectivity index (χ3v) is 6.89. The van der Waals surface area contributed by atoms with Crippen molar-refractivity contribution in [2.75, 3.05) is 37.9 Å². The average Bonchev–Trinajstić information content (AvgIpc) is 2.67. The molecular weight excluding hydrogens is 374 g/mol. The third kappa shape index (κ3) is 4.54. The van der Waals surface area contributed by atoms with E-state index in [4.69, 9.17) is 0 Å². The van der Waals surface area contributed by atoms with E-state index >= 15 is 0 Å². The van der Waals surface area contributed by atoms with Crippen LogP contribution in [0.3, 0.4) is 0 Å². The number of hydrogen-bond donors (Lipinski definition) is 1. The molecule has 150 valence electrons. The molecular formula is C21H27N3O3S. The molecule has 1 amide bonds. The molecule has 0 atom stereocenters. The molecule has 0 saturated heterocycles. The number of amides is 1. The van der Waals surface area contributed by atoms with Gasteiger partial charge in [-0.15, -0.1) is 0 Å². The van der Waals surface area contributed by atoms with Crippen LogP contribution in [0, 0.1) is 0 Å². The molecule has 6 nitrogen and oxygen atoms in total. The maximum Gasteiger partial charge on any atom is 0.242 e. The lowest BCUT2D eigenvalue weighted by Crippen LogP contribution is -2.24. The molecule has 0 bridgehead atoms. The molecule has 0 unspecified atom stereocenters. The van der Waals surface area contributed by atoms with Crippen LogP contribution >= 0.6 is 0 Å². The number of fused-ring (bicyclic) bond motifs is 1. The average molecular weight is 402 g/mol. The van der Waals surface area contributed by atoms with E-state index in [9.17, 15) is 13.2 Å². The summed E-state index contributed by atoms with van der Waals surface area (Å²) in [6.45, 7) is 1.03. The van der Waals surface area contributed by atoms with Crippen LogP contribution in [0.1, 0.15) is 24.0 Å². The molecule has 3 rings (SSSR count). The first-order valence-electron chi connectivity index (χ1n) is 9.43. The highest BCUT2D eigenvalue weighted by molar-refractivity contribution is 7.89. The van der Waals surface area contributed by atoms with E-state index < -0.39 is 10.0 Å². The van der Waals surface area contributed by atoms with Crippen molar-refractivity contribution in [3.8, 4) is 0 Å². The number of sulfonamides is 1. The number of aryl methyl sites for hydroxylation is 2. The minimum atomic E-state index is -3.43. The van der Waals surface area contributed by atoms with E-state index in [0.717, 1.165) is 30.6 Å². The molecule has 7 heteroatoms.